The van der Waals surface area contributed by atoms with E-state index in [2.05, 4.69) is 24.8 Å². The first-order chi connectivity index (χ1) is 7.33. The molecule has 0 amide bonds. The highest BCUT2D eigenvalue weighted by Gasteiger charge is 2.24. The van der Waals surface area contributed by atoms with Gasteiger partial charge in [-0.2, -0.15) is 0 Å². The van der Waals surface area contributed by atoms with E-state index >= 15 is 0 Å². The fourth-order valence-corrected chi connectivity index (χ4v) is 2.37. The van der Waals surface area contributed by atoms with Gasteiger partial charge in [-0.3, -0.25) is 4.79 Å². The largest absolute Gasteiger partial charge is 0.299 e. The van der Waals surface area contributed by atoms with Gasteiger partial charge >= 0.3 is 0 Å². The quantitative estimate of drug-likeness (QED) is 0.684. The van der Waals surface area contributed by atoms with Crippen molar-refractivity contribution in [2.75, 3.05) is 0 Å². The summed E-state index contributed by atoms with van der Waals surface area (Å²) in [6, 6.07) is 8.32. The van der Waals surface area contributed by atoms with Gasteiger partial charge in [-0.05, 0) is 30.4 Å². The first-order valence-corrected chi connectivity index (χ1v) is 5.54. The topological polar surface area (TPSA) is 17.1 Å². The molecule has 1 aromatic rings. The van der Waals surface area contributed by atoms with E-state index in [1.807, 2.05) is 6.07 Å². The zero-order valence-electron chi connectivity index (χ0n) is 8.91. The molecule has 0 aromatic heterocycles. The number of carbonyl (C=O) groups is 1. The maximum absolute atomic E-state index is 11.9. The maximum Gasteiger partial charge on any atom is 0.144 e. The first kappa shape index (κ1) is 10.2. The Bertz CT molecular complexity index is 379. The average Bonchev–Trinajstić information content (AvgIpc) is 2.28. The molecule has 0 bridgehead atoms. The van der Waals surface area contributed by atoms with Crippen molar-refractivity contribution in [2.45, 2.75) is 31.6 Å². The highest BCUT2D eigenvalue weighted by molar-refractivity contribution is 5.87. The van der Waals surface area contributed by atoms with Gasteiger partial charge in [0, 0.05) is 12.3 Å². The fraction of sp³-hybridized carbons (Fsp3) is 0.357. The van der Waals surface area contributed by atoms with Crippen LogP contribution in [0.25, 0.3) is 0 Å². The van der Waals surface area contributed by atoms with Crippen molar-refractivity contribution in [3.05, 3.63) is 48.0 Å². The van der Waals surface area contributed by atoms with Gasteiger partial charge in [-0.25, -0.2) is 0 Å². The van der Waals surface area contributed by atoms with Gasteiger partial charge in [0.05, 0.1) is 0 Å². The molecule has 78 valence electrons. The molecule has 0 fully saturated rings. The Morgan fingerprint density at radius 2 is 2.27 bits per heavy atom. The zero-order chi connectivity index (χ0) is 10.7. The van der Waals surface area contributed by atoms with Gasteiger partial charge < -0.3 is 0 Å². The molecule has 1 unspecified atom stereocenters. The Hall–Kier alpha value is -1.37. The second-order valence-corrected chi connectivity index (χ2v) is 4.10. The van der Waals surface area contributed by atoms with Crippen molar-refractivity contribution in [2.24, 2.45) is 0 Å². The van der Waals surface area contributed by atoms with Gasteiger partial charge in [0.25, 0.3) is 0 Å². The predicted octanol–water partition coefficient (Wildman–Crippen LogP) is 3.25. The van der Waals surface area contributed by atoms with E-state index in [-0.39, 0.29) is 5.92 Å². The van der Waals surface area contributed by atoms with Gasteiger partial charge in [-0.15, -0.1) is 6.58 Å². The number of carbonyl (C=O) groups excluding carboxylic acids is 1. The average molecular weight is 200 g/mol. The smallest absolute Gasteiger partial charge is 0.144 e. The van der Waals surface area contributed by atoms with E-state index in [1.165, 1.54) is 11.1 Å². The molecule has 0 aliphatic heterocycles. The predicted molar refractivity (Wildman–Crippen MR) is 61.9 cm³/mol. The Morgan fingerprint density at radius 3 is 3.07 bits per heavy atom. The molecule has 1 aromatic carbocycles. The molecule has 1 heteroatoms. The molecule has 0 saturated heterocycles. The van der Waals surface area contributed by atoms with Crippen LogP contribution in [0.4, 0.5) is 0 Å². The summed E-state index contributed by atoms with van der Waals surface area (Å²) in [7, 11) is 0. The number of fused-ring (bicyclic) bond motifs is 1. The summed E-state index contributed by atoms with van der Waals surface area (Å²) >= 11 is 0. The lowest BCUT2D eigenvalue weighted by molar-refractivity contribution is -0.120. The third kappa shape index (κ3) is 2.01. The van der Waals surface area contributed by atoms with Crippen LogP contribution in [0.3, 0.4) is 0 Å². The number of hydrogen-bond acceptors (Lipinski definition) is 1. The summed E-state index contributed by atoms with van der Waals surface area (Å²) in [6.07, 6.45) is 5.46. The number of rotatable bonds is 3. The molecule has 1 aliphatic carbocycles. The first-order valence-electron chi connectivity index (χ1n) is 5.54. The van der Waals surface area contributed by atoms with Crippen LogP contribution in [0.15, 0.2) is 36.9 Å². The summed E-state index contributed by atoms with van der Waals surface area (Å²) in [4.78, 5) is 11.9. The fourth-order valence-electron chi connectivity index (χ4n) is 2.37. The van der Waals surface area contributed by atoms with Crippen molar-refractivity contribution in [3.8, 4) is 0 Å². The molecule has 2 rings (SSSR count). The highest BCUT2D eigenvalue weighted by Crippen LogP contribution is 2.32. The molecule has 1 aliphatic rings. The normalized spacial score (nSPS) is 19.3. The molecule has 1 nitrogen and oxygen atoms in total. The molecule has 0 radical (unpaired) electrons. The number of aryl methyl sites for hydroxylation is 1. The van der Waals surface area contributed by atoms with Crippen molar-refractivity contribution >= 4 is 5.78 Å². The van der Waals surface area contributed by atoms with Gasteiger partial charge in [-0.1, -0.05) is 30.3 Å². The minimum absolute atomic E-state index is 0.118. The Kier molecular flexibility index (Phi) is 3.00. The second-order valence-electron chi connectivity index (χ2n) is 4.10. The summed E-state index contributed by atoms with van der Waals surface area (Å²) in [5.74, 6) is 0.435. The van der Waals surface area contributed by atoms with Crippen LogP contribution < -0.4 is 0 Å². The molecule has 0 heterocycles. The number of allylic oxidation sites excluding steroid dienone is 1. The minimum atomic E-state index is 0.118. The summed E-state index contributed by atoms with van der Waals surface area (Å²) in [6.45, 7) is 3.63. The van der Waals surface area contributed by atoms with Crippen molar-refractivity contribution < 1.29 is 4.79 Å². The number of Topliss-reactive ketones (excluding diaryl/α,β-unsaturated/α-hetero) is 1. The standard InChI is InChI=1S/C14H16O/c1-2-6-14(15)13-10-5-8-11-7-3-4-9-12(11)13/h2-4,7,9,13H,1,5-6,8,10H2. The van der Waals surface area contributed by atoms with Gasteiger partial charge in [0.1, 0.15) is 5.78 Å². The van der Waals surface area contributed by atoms with Crippen LogP contribution in [0, 0.1) is 0 Å². The number of ketones is 1. The van der Waals surface area contributed by atoms with E-state index < -0.39 is 0 Å². The zero-order valence-corrected chi connectivity index (χ0v) is 8.91. The lowest BCUT2D eigenvalue weighted by atomic mass is 9.80. The number of hydrogen-bond donors (Lipinski definition) is 0. The molecule has 0 spiro atoms. The lowest BCUT2D eigenvalue weighted by Crippen LogP contribution is -2.17. The van der Waals surface area contributed by atoms with Crippen LogP contribution in [0.5, 0.6) is 0 Å². The monoisotopic (exact) mass is 200 g/mol. The van der Waals surface area contributed by atoms with Crippen LogP contribution in [-0.2, 0) is 11.2 Å². The van der Waals surface area contributed by atoms with Gasteiger partial charge in [0.2, 0.25) is 0 Å². The van der Waals surface area contributed by atoms with E-state index in [4.69, 9.17) is 0 Å². The van der Waals surface area contributed by atoms with Crippen LogP contribution in [0.2, 0.25) is 0 Å². The van der Waals surface area contributed by atoms with Crippen LogP contribution in [0.1, 0.15) is 36.3 Å². The Morgan fingerprint density at radius 1 is 1.47 bits per heavy atom. The maximum atomic E-state index is 11.9. The van der Waals surface area contributed by atoms with E-state index in [0.717, 1.165) is 19.3 Å². The van der Waals surface area contributed by atoms with E-state index in [9.17, 15) is 4.79 Å². The Balaban J connectivity index is 2.29. The van der Waals surface area contributed by atoms with Crippen molar-refractivity contribution in [1.82, 2.24) is 0 Å². The molecule has 0 saturated carbocycles. The molecule has 0 N–H and O–H groups in total. The summed E-state index contributed by atoms with van der Waals surface area (Å²) in [5.41, 5.74) is 2.60. The van der Waals surface area contributed by atoms with E-state index in [0.29, 0.717) is 12.2 Å². The third-order valence-electron chi connectivity index (χ3n) is 3.10. The minimum Gasteiger partial charge on any atom is -0.299 e. The third-order valence-corrected chi connectivity index (χ3v) is 3.10. The number of benzene rings is 1. The lowest BCUT2D eigenvalue weighted by Gasteiger charge is -2.23. The molecular formula is C14H16O. The summed E-state index contributed by atoms with van der Waals surface area (Å²) < 4.78 is 0. The molecule has 1 atom stereocenters. The van der Waals surface area contributed by atoms with Crippen molar-refractivity contribution in [3.63, 3.8) is 0 Å². The second kappa shape index (κ2) is 4.43. The van der Waals surface area contributed by atoms with Gasteiger partial charge in [0.15, 0.2) is 0 Å². The van der Waals surface area contributed by atoms with Crippen LogP contribution >= 0.6 is 0 Å². The summed E-state index contributed by atoms with van der Waals surface area (Å²) in [5, 5.41) is 0. The molecule has 15 heavy (non-hydrogen) atoms. The van der Waals surface area contributed by atoms with E-state index in [1.54, 1.807) is 6.08 Å². The highest BCUT2D eigenvalue weighted by atomic mass is 16.1. The molecular weight excluding hydrogens is 184 g/mol. The SMILES string of the molecule is C=CCC(=O)C1CCCc2ccccc21. The van der Waals surface area contributed by atoms with Crippen LogP contribution in [-0.4, -0.2) is 5.78 Å². The van der Waals surface area contributed by atoms with Crippen molar-refractivity contribution in [1.29, 1.82) is 0 Å². The Labute approximate surface area is 90.8 Å².